The lowest BCUT2D eigenvalue weighted by molar-refractivity contribution is 0.957. The van der Waals surface area contributed by atoms with Gasteiger partial charge in [-0.3, -0.25) is 5.43 Å². The van der Waals surface area contributed by atoms with Crippen LogP contribution in [0.3, 0.4) is 0 Å². The molecule has 4 N–H and O–H groups in total. The van der Waals surface area contributed by atoms with Crippen molar-refractivity contribution in [1.82, 2.24) is 15.0 Å². The lowest BCUT2D eigenvalue weighted by atomic mass is 10.5. The van der Waals surface area contributed by atoms with Gasteiger partial charge in [-0.2, -0.15) is 26.3 Å². The van der Waals surface area contributed by atoms with Crippen molar-refractivity contribution in [3.63, 3.8) is 0 Å². The normalized spacial score (nSPS) is 10.1. The minimum Gasteiger partial charge on any atom is -0.347 e. The zero-order valence-electron chi connectivity index (χ0n) is 9.51. The second kappa shape index (κ2) is 4.93. The predicted octanol–water partition coefficient (Wildman–Crippen LogP) is 1.03. The molecule has 0 bridgehead atoms. The number of anilines is 4. The quantitative estimate of drug-likeness (QED) is 0.552. The third-order valence-electron chi connectivity index (χ3n) is 1.93. The maximum absolute atomic E-state index is 5.31. The van der Waals surface area contributed by atoms with Crippen LogP contribution >= 0.6 is 11.3 Å². The molecule has 0 aliphatic carbocycles. The third kappa shape index (κ3) is 2.80. The minimum atomic E-state index is 0.321. The number of hydrogen-bond acceptors (Lipinski definition) is 8. The molecule has 0 saturated carbocycles. The Morgan fingerprint density at radius 2 is 2.00 bits per heavy atom. The fourth-order valence-corrected chi connectivity index (χ4v) is 1.74. The van der Waals surface area contributed by atoms with E-state index in [2.05, 4.69) is 25.7 Å². The molecular formula is C9H13N7S. The molecule has 0 fully saturated rings. The van der Waals surface area contributed by atoms with E-state index in [1.165, 1.54) is 0 Å². The summed E-state index contributed by atoms with van der Waals surface area (Å²) in [4.78, 5) is 14.3. The summed E-state index contributed by atoms with van der Waals surface area (Å²) in [5.74, 6) is 6.62. The van der Waals surface area contributed by atoms with Crippen LogP contribution in [0.4, 0.5) is 23.5 Å². The number of nitrogens with one attached hydrogen (secondary N) is 2. The Morgan fingerprint density at radius 3 is 2.59 bits per heavy atom. The predicted molar refractivity (Wildman–Crippen MR) is 69.6 cm³/mol. The van der Waals surface area contributed by atoms with Crippen LogP contribution in [0.1, 0.15) is 0 Å². The Balaban J connectivity index is 2.29. The number of thiophene rings is 1. The first kappa shape index (κ1) is 11.6. The second-order valence-electron chi connectivity index (χ2n) is 3.46. The monoisotopic (exact) mass is 251 g/mol. The molecule has 0 unspecified atom stereocenters. The Morgan fingerprint density at radius 1 is 1.24 bits per heavy atom. The third-order valence-corrected chi connectivity index (χ3v) is 2.61. The van der Waals surface area contributed by atoms with E-state index in [0.29, 0.717) is 17.8 Å². The summed E-state index contributed by atoms with van der Waals surface area (Å²) in [6, 6.07) is 1.94. The molecule has 0 spiro atoms. The van der Waals surface area contributed by atoms with Gasteiger partial charge in [-0.15, -0.1) is 0 Å². The fraction of sp³-hybridized carbons (Fsp3) is 0.222. The molecule has 2 heterocycles. The summed E-state index contributed by atoms with van der Waals surface area (Å²) in [5, 5.41) is 7.02. The Kier molecular flexibility index (Phi) is 3.35. The summed E-state index contributed by atoms with van der Waals surface area (Å²) in [6.07, 6.45) is 0. The van der Waals surface area contributed by atoms with Gasteiger partial charge < -0.3 is 10.2 Å². The first-order valence-electron chi connectivity index (χ1n) is 4.88. The van der Waals surface area contributed by atoms with Crippen LogP contribution in [-0.4, -0.2) is 29.0 Å². The number of nitrogens with zero attached hydrogens (tertiary/aromatic N) is 4. The highest BCUT2D eigenvalue weighted by molar-refractivity contribution is 7.08. The first-order chi connectivity index (χ1) is 8.19. The Hall–Kier alpha value is -1.93. The van der Waals surface area contributed by atoms with Crippen molar-refractivity contribution in [3.05, 3.63) is 16.8 Å². The van der Waals surface area contributed by atoms with Crippen molar-refractivity contribution in [2.75, 3.05) is 29.7 Å². The average molecular weight is 251 g/mol. The number of nitrogens with two attached hydrogens (primary N) is 1. The smallest absolute Gasteiger partial charge is 0.243 e. The Labute approximate surface area is 103 Å². The minimum absolute atomic E-state index is 0.321. The summed E-state index contributed by atoms with van der Waals surface area (Å²) in [6.45, 7) is 0. The van der Waals surface area contributed by atoms with Crippen molar-refractivity contribution in [3.8, 4) is 0 Å². The lowest BCUT2D eigenvalue weighted by Crippen LogP contribution is -2.18. The number of nitrogen functional groups attached to an aromatic ring is 1. The standard InChI is InChI=1S/C9H13N7S/c1-16(2)9-13-7(12-8(14-9)15-10)11-6-3-4-17-5-6/h3-5H,10H2,1-2H3,(H2,11,12,13,14,15). The molecule has 2 aromatic rings. The molecule has 7 nitrogen and oxygen atoms in total. The van der Waals surface area contributed by atoms with E-state index in [1.54, 1.807) is 16.2 Å². The van der Waals surface area contributed by atoms with Crippen LogP contribution in [0.15, 0.2) is 16.8 Å². The van der Waals surface area contributed by atoms with Gasteiger partial charge in [0, 0.05) is 19.5 Å². The maximum atomic E-state index is 5.31. The van der Waals surface area contributed by atoms with Crippen LogP contribution in [0.25, 0.3) is 0 Å². The molecule has 2 rings (SSSR count). The van der Waals surface area contributed by atoms with Crippen LogP contribution in [0, 0.1) is 0 Å². The summed E-state index contributed by atoms with van der Waals surface area (Å²) in [7, 11) is 3.70. The molecule has 0 radical (unpaired) electrons. The van der Waals surface area contributed by atoms with E-state index >= 15 is 0 Å². The number of aromatic nitrogens is 3. The van der Waals surface area contributed by atoms with Crippen LogP contribution < -0.4 is 21.5 Å². The number of rotatable bonds is 4. The topological polar surface area (TPSA) is 92.0 Å². The zero-order chi connectivity index (χ0) is 12.3. The van der Waals surface area contributed by atoms with Gasteiger partial charge >= 0.3 is 0 Å². The molecule has 0 saturated heterocycles. The van der Waals surface area contributed by atoms with Crippen molar-refractivity contribution in [1.29, 1.82) is 0 Å². The van der Waals surface area contributed by atoms with E-state index in [9.17, 15) is 0 Å². The van der Waals surface area contributed by atoms with Crippen molar-refractivity contribution < 1.29 is 0 Å². The first-order valence-corrected chi connectivity index (χ1v) is 5.82. The van der Waals surface area contributed by atoms with Gasteiger partial charge in [0.2, 0.25) is 17.8 Å². The molecule has 0 aliphatic rings. The highest BCUT2D eigenvalue weighted by Gasteiger charge is 2.07. The number of hydrogen-bond donors (Lipinski definition) is 3. The zero-order valence-corrected chi connectivity index (χ0v) is 10.3. The SMILES string of the molecule is CN(C)c1nc(NN)nc(Nc2ccsc2)n1. The van der Waals surface area contributed by atoms with Gasteiger partial charge in [0.25, 0.3) is 0 Å². The molecule has 17 heavy (non-hydrogen) atoms. The van der Waals surface area contributed by atoms with Crippen LogP contribution in [0.5, 0.6) is 0 Å². The van der Waals surface area contributed by atoms with Gasteiger partial charge in [-0.05, 0) is 11.4 Å². The summed E-state index contributed by atoms with van der Waals surface area (Å²) in [5.41, 5.74) is 3.35. The molecule has 8 heteroatoms. The van der Waals surface area contributed by atoms with E-state index in [0.717, 1.165) is 5.69 Å². The van der Waals surface area contributed by atoms with Gasteiger partial charge in [-0.1, -0.05) is 0 Å². The van der Waals surface area contributed by atoms with Gasteiger partial charge in [-0.25, -0.2) is 5.84 Å². The van der Waals surface area contributed by atoms with E-state index in [-0.39, 0.29) is 0 Å². The van der Waals surface area contributed by atoms with Crippen LogP contribution in [0.2, 0.25) is 0 Å². The molecule has 0 atom stereocenters. The van der Waals surface area contributed by atoms with Crippen molar-refractivity contribution in [2.45, 2.75) is 0 Å². The van der Waals surface area contributed by atoms with E-state index in [1.807, 2.05) is 30.9 Å². The molecule has 0 aromatic carbocycles. The van der Waals surface area contributed by atoms with E-state index < -0.39 is 0 Å². The Bertz CT molecular complexity index is 482. The van der Waals surface area contributed by atoms with Crippen molar-refractivity contribution in [2.24, 2.45) is 5.84 Å². The fourth-order valence-electron chi connectivity index (χ4n) is 1.15. The maximum Gasteiger partial charge on any atom is 0.243 e. The summed E-state index contributed by atoms with van der Waals surface area (Å²) >= 11 is 1.59. The average Bonchev–Trinajstić information content (AvgIpc) is 2.81. The van der Waals surface area contributed by atoms with Crippen LogP contribution in [-0.2, 0) is 0 Å². The lowest BCUT2D eigenvalue weighted by Gasteiger charge is -2.12. The van der Waals surface area contributed by atoms with E-state index in [4.69, 9.17) is 5.84 Å². The molecule has 2 aromatic heterocycles. The van der Waals surface area contributed by atoms with Gasteiger partial charge in [0.1, 0.15) is 0 Å². The van der Waals surface area contributed by atoms with Gasteiger partial charge in [0.15, 0.2) is 0 Å². The number of hydrazine groups is 1. The highest BCUT2D eigenvalue weighted by atomic mass is 32.1. The molecule has 90 valence electrons. The molecule has 0 amide bonds. The molecular weight excluding hydrogens is 238 g/mol. The van der Waals surface area contributed by atoms with Crippen molar-refractivity contribution >= 4 is 34.9 Å². The largest absolute Gasteiger partial charge is 0.347 e. The second-order valence-corrected chi connectivity index (χ2v) is 4.24. The highest BCUT2D eigenvalue weighted by Crippen LogP contribution is 2.18. The van der Waals surface area contributed by atoms with Gasteiger partial charge in [0.05, 0.1) is 5.69 Å². The summed E-state index contributed by atoms with van der Waals surface area (Å²) < 4.78 is 0. The molecule has 0 aliphatic heterocycles.